The molecule has 0 aliphatic carbocycles. The van der Waals surface area contributed by atoms with Crippen LogP contribution in [0.1, 0.15) is 37.3 Å². The van der Waals surface area contributed by atoms with Crippen molar-refractivity contribution in [1.29, 1.82) is 0 Å². The standard InChI is InChI=1S/C19H21NO/c1-4-11-20-18-10-9-16(12-17(18)14(3)19(20)21)15-7-5-13(2)6-8-15/h5-10,12,14H,4,11H2,1-3H3. The van der Waals surface area contributed by atoms with E-state index in [1.54, 1.807) is 0 Å². The van der Waals surface area contributed by atoms with Crippen molar-refractivity contribution in [2.24, 2.45) is 0 Å². The van der Waals surface area contributed by atoms with Crippen LogP contribution in [0.2, 0.25) is 0 Å². The molecule has 0 saturated carbocycles. The third kappa shape index (κ3) is 2.35. The van der Waals surface area contributed by atoms with Gasteiger partial charge in [0.1, 0.15) is 0 Å². The summed E-state index contributed by atoms with van der Waals surface area (Å²) in [4.78, 5) is 14.3. The van der Waals surface area contributed by atoms with Gasteiger partial charge in [0.05, 0.1) is 5.92 Å². The first-order chi connectivity index (χ1) is 10.1. The molecular formula is C19H21NO. The van der Waals surface area contributed by atoms with E-state index in [1.807, 2.05) is 11.8 Å². The lowest BCUT2D eigenvalue weighted by Crippen LogP contribution is -2.28. The molecule has 0 saturated heterocycles. The van der Waals surface area contributed by atoms with Crippen LogP contribution in [-0.2, 0) is 4.79 Å². The second-order valence-electron chi connectivity index (χ2n) is 5.85. The van der Waals surface area contributed by atoms with Gasteiger partial charge in [0.15, 0.2) is 0 Å². The van der Waals surface area contributed by atoms with Gasteiger partial charge in [-0.3, -0.25) is 4.79 Å². The highest BCUT2D eigenvalue weighted by Crippen LogP contribution is 2.39. The molecule has 2 aromatic rings. The number of nitrogens with zero attached hydrogens (tertiary/aromatic N) is 1. The SMILES string of the molecule is CCCN1C(=O)C(C)c2cc(-c3ccc(C)cc3)ccc21. The van der Waals surface area contributed by atoms with Crippen molar-refractivity contribution < 1.29 is 4.79 Å². The van der Waals surface area contributed by atoms with Gasteiger partial charge in [0.25, 0.3) is 0 Å². The summed E-state index contributed by atoms with van der Waals surface area (Å²) in [5.41, 5.74) is 5.90. The van der Waals surface area contributed by atoms with E-state index in [9.17, 15) is 4.79 Å². The summed E-state index contributed by atoms with van der Waals surface area (Å²) < 4.78 is 0. The quantitative estimate of drug-likeness (QED) is 0.808. The predicted molar refractivity (Wildman–Crippen MR) is 87.7 cm³/mol. The lowest BCUT2D eigenvalue weighted by molar-refractivity contribution is -0.118. The number of fused-ring (bicyclic) bond motifs is 1. The first-order valence-electron chi connectivity index (χ1n) is 7.64. The molecule has 1 atom stereocenters. The summed E-state index contributed by atoms with van der Waals surface area (Å²) in [6, 6.07) is 14.9. The Morgan fingerprint density at radius 3 is 2.38 bits per heavy atom. The molecule has 0 fully saturated rings. The Morgan fingerprint density at radius 2 is 1.71 bits per heavy atom. The molecule has 0 radical (unpaired) electrons. The molecule has 3 rings (SSSR count). The smallest absolute Gasteiger partial charge is 0.234 e. The van der Waals surface area contributed by atoms with Gasteiger partial charge in [-0.25, -0.2) is 0 Å². The molecule has 0 bridgehead atoms. The molecule has 0 N–H and O–H groups in total. The summed E-state index contributed by atoms with van der Waals surface area (Å²) in [7, 11) is 0. The van der Waals surface area contributed by atoms with Crippen LogP contribution in [0.15, 0.2) is 42.5 Å². The van der Waals surface area contributed by atoms with E-state index in [4.69, 9.17) is 0 Å². The van der Waals surface area contributed by atoms with Gasteiger partial charge in [-0.2, -0.15) is 0 Å². The molecule has 1 heterocycles. The normalized spacial score (nSPS) is 17.2. The maximum absolute atomic E-state index is 12.4. The van der Waals surface area contributed by atoms with Crippen molar-refractivity contribution in [1.82, 2.24) is 0 Å². The van der Waals surface area contributed by atoms with Crippen molar-refractivity contribution in [3.8, 4) is 11.1 Å². The van der Waals surface area contributed by atoms with Crippen molar-refractivity contribution in [3.05, 3.63) is 53.6 Å². The largest absolute Gasteiger partial charge is 0.312 e. The number of carbonyl (C=O) groups excluding carboxylic acids is 1. The van der Waals surface area contributed by atoms with E-state index in [0.717, 1.165) is 24.2 Å². The number of aryl methyl sites for hydroxylation is 1. The topological polar surface area (TPSA) is 20.3 Å². The lowest BCUT2D eigenvalue weighted by Gasteiger charge is -2.16. The number of hydrogen-bond acceptors (Lipinski definition) is 1. The van der Waals surface area contributed by atoms with Crippen LogP contribution in [-0.4, -0.2) is 12.5 Å². The predicted octanol–water partition coefficient (Wildman–Crippen LogP) is 4.52. The highest BCUT2D eigenvalue weighted by atomic mass is 16.2. The molecule has 1 aliphatic rings. The van der Waals surface area contributed by atoms with Gasteiger partial charge < -0.3 is 4.90 Å². The van der Waals surface area contributed by atoms with Crippen LogP contribution in [0.25, 0.3) is 11.1 Å². The van der Waals surface area contributed by atoms with Crippen LogP contribution in [0, 0.1) is 6.92 Å². The molecule has 21 heavy (non-hydrogen) atoms. The van der Waals surface area contributed by atoms with Gasteiger partial charge in [-0.05, 0) is 49.1 Å². The maximum Gasteiger partial charge on any atom is 0.234 e. The van der Waals surface area contributed by atoms with Gasteiger partial charge in [-0.15, -0.1) is 0 Å². The van der Waals surface area contributed by atoms with E-state index >= 15 is 0 Å². The van der Waals surface area contributed by atoms with Crippen LogP contribution >= 0.6 is 0 Å². The number of benzene rings is 2. The molecule has 2 aromatic carbocycles. The Morgan fingerprint density at radius 1 is 1.05 bits per heavy atom. The van der Waals surface area contributed by atoms with Crippen molar-refractivity contribution in [2.45, 2.75) is 33.1 Å². The average Bonchev–Trinajstić information content (AvgIpc) is 2.73. The van der Waals surface area contributed by atoms with E-state index in [-0.39, 0.29) is 11.8 Å². The highest BCUT2D eigenvalue weighted by molar-refractivity contribution is 6.05. The highest BCUT2D eigenvalue weighted by Gasteiger charge is 2.33. The van der Waals surface area contributed by atoms with Crippen molar-refractivity contribution >= 4 is 11.6 Å². The fraction of sp³-hybridized carbons (Fsp3) is 0.316. The van der Waals surface area contributed by atoms with Crippen LogP contribution in [0.3, 0.4) is 0 Å². The molecule has 0 aromatic heterocycles. The number of rotatable bonds is 3. The van der Waals surface area contributed by atoms with Crippen molar-refractivity contribution in [3.63, 3.8) is 0 Å². The third-order valence-electron chi connectivity index (χ3n) is 4.25. The van der Waals surface area contributed by atoms with Gasteiger partial charge in [-0.1, -0.05) is 42.8 Å². The summed E-state index contributed by atoms with van der Waals surface area (Å²) >= 11 is 0. The minimum Gasteiger partial charge on any atom is -0.312 e. The molecule has 108 valence electrons. The van der Waals surface area contributed by atoms with Gasteiger partial charge in [0, 0.05) is 12.2 Å². The Kier molecular flexibility index (Phi) is 3.54. The zero-order chi connectivity index (χ0) is 15.0. The summed E-state index contributed by atoms with van der Waals surface area (Å²) in [6.07, 6.45) is 0.984. The molecule has 1 amide bonds. The zero-order valence-corrected chi connectivity index (χ0v) is 12.9. The Balaban J connectivity index is 2.02. The zero-order valence-electron chi connectivity index (χ0n) is 12.9. The third-order valence-corrected chi connectivity index (χ3v) is 4.25. The maximum atomic E-state index is 12.4. The average molecular weight is 279 g/mol. The summed E-state index contributed by atoms with van der Waals surface area (Å²) in [5.74, 6) is 0.199. The monoisotopic (exact) mass is 279 g/mol. The summed E-state index contributed by atoms with van der Waals surface area (Å²) in [6.45, 7) is 7.02. The molecule has 2 heteroatoms. The van der Waals surface area contributed by atoms with E-state index < -0.39 is 0 Å². The number of amides is 1. The first kappa shape index (κ1) is 13.9. The molecule has 0 spiro atoms. The fourth-order valence-corrected chi connectivity index (χ4v) is 3.01. The van der Waals surface area contributed by atoms with Crippen molar-refractivity contribution in [2.75, 3.05) is 11.4 Å². The minimum absolute atomic E-state index is 0.0306. The molecule has 2 nitrogen and oxygen atoms in total. The molecule has 1 unspecified atom stereocenters. The second kappa shape index (κ2) is 5.36. The Bertz CT molecular complexity index is 672. The molecular weight excluding hydrogens is 258 g/mol. The number of hydrogen-bond donors (Lipinski definition) is 0. The Labute approximate surface area is 126 Å². The van der Waals surface area contributed by atoms with E-state index in [0.29, 0.717) is 0 Å². The van der Waals surface area contributed by atoms with Crippen LogP contribution < -0.4 is 4.90 Å². The lowest BCUT2D eigenvalue weighted by atomic mass is 9.97. The van der Waals surface area contributed by atoms with Gasteiger partial charge in [0.2, 0.25) is 5.91 Å². The number of carbonyl (C=O) groups is 1. The van der Waals surface area contributed by atoms with E-state index in [1.165, 1.54) is 16.7 Å². The van der Waals surface area contributed by atoms with E-state index in [2.05, 4.69) is 56.3 Å². The number of anilines is 1. The Hall–Kier alpha value is -2.09. The fourth-order valence-electron chi connectivity index (χ4n) is 3.01. The minimum atomic E-state index is -0.0306. The van der Waals surface area contributed by atoms with Gasteiger partial charge >= 0.3 is 0 Å². The molecule has 1 aliphatic heterocycles. The second-order valence-corrected chi connectivity index (χ2v) is 5.85. The van der Waals surface area contributed by atoms with Crippen LogP contribution in [0.4, 0.5) is 5.69 Å². The first-order valence-corrected chi connectivity index (χ1v) is 7.64. The summed E-state index contributed by atoms with van der Waals surface area (Å²) in [5, 5.41) is 0. The van der Waals surface area contributed by atoms with Crippen LogP contribution in [0.5, 0.6) is 0 Å².